The highest BCUT2D eigenvalue weighted by atomic mass is 35.5. The first-order chi connectivity index (χ1) is 10.0. The topological polar surface area (TPSA) is 30.2 Å². The Bertz CT molecular complexity index is 834. The maximum atomic E-state index is 12.3. The normalized spacial score (nSPS) is 11.0. The van der Waals surface area contributed by atoms with E-state index in [-0.39, 0.29) is 12.2 Å². The third-order valence-electron chi connectivity index (χ3n) is 3.31. The van der Waals surface area contributed by atoms with Crippen LogP contribution in [0.15, 0.2) is 46.9 Å². The van der Waals surface area contributed by atoms with E-state index in [1.54, 1.807) is 24.3 Å². The number of Topliss-reactive ketones (excluding diaryl/α,β-unsaturated/α-hetero) is 1. The number of furan rings is 1. The molecule has 0 fully saturated rings. The zero-order valence-electron chi connectivity index (χ0n) is 11.3. The minimum absolute atomic E-state index is 0.104. The maximum Gasteiger partial charge on any atom is 0.202 e. The van der Waals surface area contributed by atoms with Gasteiger partial charge in [-0.15, -0.1) is 0 Å². The molecule has 3 rings (SSSR count). The summed E-state index contributed by atoms with van der Waals surface area (Å²) in [7, 11) is 0. The predicted octanol–water partition coefficient (Wildman–Crippen LogP) is 5.47. The van der Waals surface area contributed by atoms with E-state index in [0.717, 1.165) is 16.5 Å². The maximum absolute atomic E-state index is 12.3. The van der Waals surface area contributed by atoms with E-state index in [1.165, 1.54) is 0 Å². The molecule has 0 amide bonds. The van der Waals surface area contributed by atoms with Crippen LogP contribution in [0.1, 0.15) is 21.7 Å². The van der Waals surface area contributed by atoms with Gasteiger partial charge in [-0.3, -0.25) is 4.79 Å². The number of carbonyl (C=O) groups is 1. The van der Waals surface area contributed by atoms with Crippen molar-refractivity contribution in [3.63, 3.8) is 0 Å². The Morgan fingerprint density at radius 1 is 1.10 bits per heavy atom. The average molecular weight is 319 g/mol. The Morgan fingerprint density at radius 3 is 2.67 bits per heavy atom. The van der Waals surface area contributed by atoms with Gasteiger partial charge >= 0.3 is 0 Å². The number of fused-ring (bicyclic) bond motifs is 1. The van der Waals surface area contributed by atoms with Gasteiger partial charge in [0.1, 0.15) is 5.58 Å². The summed E-state index contributed by atoms with van der Waals surface area (Å²) >= 11 is 11.9. The summed E-state index contributed by atoms with van der Waals surface area (Å²) in [5.41, 5.74) is 2.58. The Hall–Kier alpha value is -1.77. The lowest BCUT2D eigenvalue weighted by Gasteiger charge is -2.02. The van der Waals surface area contributed by atoms with Crippen molar-refractivity contribution < 1.29 is 9.21 Å². The van der Waals surface area contributed by atoms with Crippen LogP contribution >= 0.6 is 23.2 Å². The molecular formula is C17H12Cl2O2. The van der Waals surface area contributed by atoms with Crippen LogP contribution in [0.3, 0.4) is 0 Å². The van der Waals surface area contributed by atoms with Gasteiger partial charge in [0.15, 0.2) is 5.76 Å². The molecule has 3 aromatic rings. The minimum Gasteiger partial charge on any atom is -0.453 e. The van der Waals surface area contributed by atoms with E-state index in [0.29, 0.717) is 21.4 Å². The lowest BCUT2D eigenvalue weighted by Crippen LogP contribution is -2.02. The van der Waals surface area contributed by atoms with E-state index in [9.17, 15) is 4.79 Å². The second kappa shape index (κ2) is 5.55. The molecule has 0 unspecified atom stereocenters. The van der Waals surface area contributed by atoms with Crippen molar-refractivity contribution in [2.24, 2.45) is 0 Å². The van der Waals surface area contributed by atoms with Crippen LogP contribution in [-0.4, -0.2) is 5.78 Å². The summed E-state index contributed by atoms with van der Waals surface area (Å²) in [4.78, 5) is 12.3. The fourth-order valence-corrected chi connectivity index (χ4v) is 2.70. The van der Waals surface area contributed by atoms with Crippen LogP contribution in [0, 0.1) is 6.92 Å². The first kappa shape index (κ1) is 14.2. The molecular weight excluding hydrogens is 307 g/mol. The summed E-state index contributed by atoms with van der Waals surface area (Å²) in [6.07, 6.45) is 0.189. The number of carbonyl (C=O) groups excluding carboxylic acids is 1. The first-order valence-corrected chi connectivity index (χ1v) is 7.26. The highest BCUT2D eigenvalue weighted by Crippen LogP contribution is 2.25. The van der Waals surface area contributed by atoms with Crippen LogP contribution in [-0.2, 0) is 6.42 Å². The zero-order chi connectivity index (χ0) is 15.0. The van der Waals surface area contributed by atoms with E-state index in [4.69, 9.17) is 27.6 Å². The molecule has 1 aromatic heterocycles. The highest BCUT2D eigenvalue weighted by Gasteiger charge is 2.14. The molecule has 0 saturated heterocycles. The molecule has 0 aliphatic carbocycles. The van der Waals surface area contributed by atoms with Crippen molar-refractivity contribution in [3.8, 4) is 0 Å². The molecule has 0 spiro atoms. The number of hydrogen-bond donors (Lipinski definition) is 0. The third-order valence-corrected chi connectivity index (χ3v) is 3.90. The molecule has 4 heteroatoms. The molecule has 106 valence electrons. The minimum atomic E-state index is -0.104. The molecule has 1 heterocycles. The van der Waals surface area contributed by atoms with Gasteiger partial charge in [0, 0.05) is 21.9 Å². The van der Waals surface area contributed by atoms with Gasteiger partial charge in [-0.25, -0.2) is 0 Å². The van der Waals surface area contributed by atoms with Crippen LogP contribution in [0.4, 0.5) is 0 Å². The fraction of sp³-hybridized carbons (Fsp3) is 0.118. The number of ketones is 1. The van der Waals surface area contributed by atoms with Crippen molar-refractivity contribution in [3.05, 3.63) is 69.4 Å². The largest absolute Gasteiger partial charge is 0.453 e. The first-order valence-electron chi connectivity index (χ1n) is 6.50. The monoisotopic (exact) mass is 318 g/mol. The summed E-state index contributed by atoms with van der Waals surface area (Å²) in [6, 6.07) is 12.7. The smallest absolute Gasteiger partial charge is 0.202 e. The summed E-state index contributed by atoms with van der Waals surface area (Å²) in [5, 5.41) is 1.97. The number of rotatable bonds is 3. The van der Waals surface area contributed by atoms with Crippen molar-refractivity contribution in [1.82, 2.24) is 0 Å². The molecule has 2 aromatic carbocycles. The van der Waals surface area contributed by atoms with E-state index in [1.807, 2.05) is 25.1 Å². The van der Waals surface area contributed by atoms with E-state index in [2.05, 4.69) is 0 Å². The lowest BCUT2D eigenvalue weighted by molar-refractivity contribution is 0.0968. The van der Waals surface area contributed by atoms with E-state index < -0.39 is 0 Å². The van der Waals surface area contributed by atoms with Crippen LogP contribution in [0.5, 0.6) is 0 Å². The Kier molecular flexibility index (Phi) is 3.75. The van der Waals surface area contributed by atoms with E-state index >= 15 is 0 Å². The third kappa shape index (κ3) is 2.97. The summed E-state index contributed by atoms with van der Waals surface area (Å²) < 4.78 is 5.60. The molecule has 0 saturated carbocycles. The van der Waals surface area contributed by atoms with Crippen molar-refractivity contribution in [1.29, 1.82) is 0 Å². The van der Waals surface area contributed by atoms with Gasteiger partial charge in [-0.2, -0.15) is 0 Å². The predicted molar refractivity (Wildman–Crippen MR) is 85.4 cm³/mol. The second-order valence-electron chi connectivity index (χ2n) is 4.99. The van der Waals surface area contributed by atoms with Gasteiger partial charge in [-0.05, 0) is 42.8 Å². The Morgan fingerprint density at radius 2 is 1.90 bits per heavy atom. The average Bonchev–Trinajstić information content (AvgIpc) is 2.85. The molecule has 0 aliphatic rings. The molecule has 0 atom stereocenters. The molecule has 0 N–H and O–H groups in total. The lowest BCUT2D eigenvalue weighted by atomic mass is 10.1. The number of hydrogen-bond acceptors (Lipinski definition) is 2. The van der Waals surface area contributed by atoms with Gasteiger partial charge < -0.3 is 4.42 Å². The second-order valence-corrected chi connectivity index (χ2v) is 5.83. The zero-order valence-corrected chi connectivity index (χ0v) is 12.8. The van der Waals surface area contributed by atoms with Gasteiger partial charge in [0.2, 0.25) is 5.78 Å². The SMILES string of the molecule is Cc1ccc2oc(C(=O)Cc3ccc(Cl)cc3Cl)cc2c1. The van der Waals surface area contributed by atoms with Crippen LogP contribution in [0.2, 0.25) is 10.0 Å². The molecule has 21 heavy (non-hydrogen) atoms. The molecule has 0 aliphatic heterocycles. The standard InChI is InChI=1S/C17H12Cl2O2/c1-10-2-5-16-12(6-10)8-17(21-16)15(20)7-11-3-4-13(18)9-14(11)19/h2-6,8-9H,7H2,1H3. The van der Waals surface area contributed by atoms with Gasteiger partial charge in [0.25, 0.3) is 0 Å². The number of benzene rings is 2. The molecule has 2 nitrogen and oxygen atoms in total. The highest BCUT2D eigenvalue weighted by molar-refractivity contribution is 6.35. The molecule has 0 radical (unpaired) electrons. The Balaban J connectivity index is 1.89. The van der Waals surface area contributed by atoms with Gasteiger partial charge in [0.05, 0.1) is 0 Å². The van der Waals surface area contributed by atoms with Crippen LogP contribution < -0.4 is 0 Å². The van der Waals surface area contributed by atoms with Crippen molar-refractivity contribution in [2.45, 2.75) is 13.3 Å². The summed E-state index contributed by atoms with van der Waals surface area (Å²) in [5.74, 6) is 0.245. The number of halogens is 2. The summed E-state index contributed by atoms with van der Waals surface area (Å²) in [6.45, 7) is 2.00. The quantitative estimate of drug-likeness (QED) is 0.599. The van der Waals surface area contributed by atoms with Gasteiger partial charge in [-0.1, -0.05) is 40.9 Å². The van der Waals surface area contributed by atoms with Crippen molar-refractivity contribution in [2.75, 3.05) is 0 Å². The van der Waals surface area contributed by atoms with Crippen molar-refractivity contribution >= 4 is 40.0 Å². The Labute approximate surface area is 132 Å². The fourth-order valence-electron chi connectivity index (χ4n) is 2.23. The molecule has 0 bridgehead atoms. The number of aryl methyl sites for hydroxylation is 1. The van der Waals surface area contributed by atoms with Crippen LogP contribution in [0.25, 0.3) is 11.0 Å².